The number of fused-ring (bicyclic) bond motifs is 1. The number of ketones is 1. The van der Waals surface area contributed by atoms with Crippen LogP contribution in [-0.2, 0) is 6.54 Å². The van der Waals surface area contributed by atoms with E-state index in [0.29, 0.717) is 22.1 Å². The van der Waals surface area contributed by atoms with Crippen molar-refractivity contribution >= 4 is 38.8 Å². The zero-order chi connectivity index (χ0) is 13.4. The van der Waals surface area contributed by atoms with Gasteiger partial charge in [-0.1, -0.05) is 29.8 Å². The molecule has 2 heterocycles. The minimum Gasteiger partial charge on any atom is -0.286 e. The van der Waals surface area contributed by atoms with Gasteiger partial charge in [-0.25, -0.2) is 0 Å². The molecule has 0 fully saturated rings. The number of aryl methyl sites for hydroxylation is 1. The lowest BCUT2D eigenvalue weighted by Gasteiger charge is -2.02. The normalized spacial score (nSPS) is 11.1. The van der Waals surface area contributed by atoms with Crippen LogP contribution in [0.2, 0.25) is 5.02 Å². The highest BCUT2D eigenvalue weighted by Crippen LogP contribution is 2.29. The lowest BCUT2D eigenvalue weighted by atomic mass is 10.2. The maximum absolute atomic E-state index is 12.5. The number of nitrogens with zero attached hydrogens (tertiary/aromatic N) is 2. The van der Waals surface area contributed by atoms with Crippen LogP contribution in [0.1, 0.15) is 22.3 Å². The Labute approximate surface area is 119 Å². The highest BCUT2D eigenvalue weighted by atomic mass is 35.5. The summed E-state index contributed by atoms with van der Waals surface area (Å²) in [5, 5.41) is 5.59. The third-order valence-electron chi connectivity index (χ3n) is 2.96. The van der Waals surface area contributed by atoms with E-state index < -0.39 is 0 Å². The van der Waals surface area contributed by atoms with Gasteiger partial charge in [0.15, 0.2) is 0 Å². The molecule has 0 saturated carbocycles. The van der Waals surface area contributed by atoms with Crippen molar-refractivity contribution in [2.75, 3.05) is 0 Å². The summed E-state index contributed by atoms with van der Waals surface area (Å²) in [6.45, 7) is 2.56. The SMILES string of the molecule is CCn1ncc(Cl)c1C(=O)c1cc2ccccc2s1. The van der Waals surface area contributed by atoms with Crippen LogP contribution < -0.4 is 0 Å². The van der Waals surface area contributed by atoms with Crippen molar-refractivity contribution in [1.29, 1.82) is 0 Å². The van der Waals surface area contributed by atoms with E-state index >= 15 is 0 Å². The molecule has 1 aromatic carbocycles. The van der Waals surface area contributed by atoms with E-state index in [0.717, 1.165) is 10.1 Å². The predicted octanol–water partition coefficient (Wildman–Crippen LogP) is 4.00. The number of halogens is 1. The van der Waals surface area contributed by atoms with Crippen LogP contribution >= 0.6 is 22.9 Å². The first-order chi connectivity index (χ1) is 9.20. The van der Waals surface area contributed by atoms with Crippen LogP contribution in [-0.4, -0.2) is 15.6 Å². The van der Waals surface area contributed by atoms with Crippen molar-refractivity contribution in [1.82, 2.24) is 9.78 Å². The number of hydrogen-bond acceptors (Lipinski definition) is 3. The molecule has 0 N–H and O–H groups in total. The van der Waals surface area contributed by atoms with Gasteiger partial charge in [0, 0.05) is 11.2 Å². The molecule has 3 rings (SSSR count). The number of aromatic nitrogens is 2. The van der Waals surface area contributed by atoms with Crippen LogP contribution in [0.15, 0.2) is 36.5 Å². The fourth-order valence-corrected chi connectivity index (χ4v) is 3.27. The van der Waals surface area contributed by atoms with E-state index in [4.69, 9.17) is 11.6 Å². The molecule has 0 spiro atoms. The third-order valence-corrected chi connectivity index (χ3v) is 4.35. The van der Waals surface area contributed by atoms with Crippen molar-refractivity contribution in [3.8, 4) is 0 Å². The largest absolute Gasteiger partial charge is 0.286 e. The molecule has 2 aromatic heterocycles. The fraction of sp³-hybridized carbons (Fsp3) is 0.143. The highest BCUT2D eigenvalue weighted by molar-refractivity contribution is 7.21. The first-order valence-corrected chi connectivity index (χ1v) is 7.14. The molecule has 96 valence electrons. The molecular formula is C14H11ClN2OS. The maximum atomic E-state index is 12.5. The average Bonchev–Trinajstić information content (AvgIpc) is 3.01. The Morgan fingerprint density at radius 2 is 2.21 bits per heavy atom. The summed E-state index contributed by atoms with van der Waals surface area (Å²) in [5.74, 6) is -0.0643. The van der Waals surface area contributed by atoms with Gasteiger partial charge in [-0.3, -0.25) is 9.48 Å². The van der Waals surface area contributed by atoms with Gasteiger partial charge >= 0.3 is 0 Å². The summed E-state index contributed by atoms with van der Waals surface area (Å²) >= 11 is 7.55. The Bertz CT molecular complexity index is 727. The Hall–Kier alpha value is -1.65. The second-order valence-electron chi connectivity index (χ2n) is 4.13. The van der Waals surface area contributed by atoms with E-state index in [1.54, 1.807) is 4.68 Å². The van der Waals surface area contributed by atoms with Gasteiger partial charge in [0.2, 0.25) is 5.78 Å². The Morgan fingerprint density at radius 1 is 1.42 bits per heavy atom. The predicted molar refractivity (Wildman–Crippen MR) is 78.2 cm³/mol. The lowest BCUT2D eigenvalue weighted by Crippen LogP contribution is -2.09. The van der Waals surface area contributed by atoms with Crippen molar-refractivity contribution in [3.05, 3.63) is 52.1 Å². The van der Waals surface area contributed by atoms with E-state index in [1.165, 1.54) is 17.5 Å². The van der Waals surface area contributed by atoms with Crippen LogP contribution in [0, 0.1) is 0 Å². The lowest BCUT2D eigenvalue weighted by molar-refractivity contribution is 0.103. The summed E-state index contributed by atoms with van der Waals surface area (Å²) in [5.41, 5.74) is 0.468. The van der Waals surface area contributed by atoms with Crippen molar-refractivity contribution in [3.63, 3.8) is 0 Å². The number of thiophene rings is 1. The van der Waals surface area contributed by atoms with Gasteiger partial charge in [-0.2, -0.15) is 5.10 Å². The molecule has 0 bridgehead atoms. The van der Waals surface area contributed by atoms with Crippen molar-refractivity contribution in [2.24, 2.45) is 0 Å². The number of carbonyl (C=O) groups excluding carboxylic acids is 1. The maximum Gasteiger partial charge on any atom is 0.222 e. The number of benzene rings is 1. The van der Waals surface area contributed by atoms with Crippen molar-refractivity contribution in [2.45, 2.75) is 13.5 Å². The average molecular weight is 291 g/mol. The van der Waals surface area contributed by atoms with Gasteiger partial charge in [0.1, 0.15) is 5.69 Å². The van der Waals surface area contributed by atoms with E-state index in [1.807, 2.05) is 37.3 Å². The summed E-state index contributed by atoms with van der Waals surface area (Å²) in [4.78, 5) is 13.2. The molecule has 0 saturated heterocycles. The van der Waals surface area contributed by atoms with Gasteiger partial charge in [0.05, 0.1) is 16.1 Å². The van der Waals surface area contributed by atoms with Crippen molar-refractivity contribution < 1.29 is 4.79 Å². The van der Waals surface area contributed by atoms with Crippen LogP contribution in [0.25, 0.3) is 10.1 Å². The molecule has 0 aliphatic carbocycles. The molecule has 3 nitrogen and oxygen atoms in total. The summed E-state index contributed by atoms with van der Waals surface area (Å²) in [6, 6.07) is 9.85. The summed E-state index contributed by atoms with van der Waals surface area (Å²) in [7, 11) is 0. The van der Waals surface area contributed by atoms with Crippen LogP contribution in [0.5, 0.6) is 0 Å². The molecule has 0 radical (unpaired) electrons. The molecule has 0 aliphatic heterocycles. The van der Waals surface area contributed by atoms with Gasteiger partial charge < -0.3 is 0 Å². The van der Waals surface area contributed by atoms with Crippen LogP contribution in [0.4, 0.5) is 0 Å². The Kier molecular flexibility index (Phi) is 3.12. The van der Waals surface area contributed by atoms with E-state index in [-0.39, 0.29) is 5.78 Å². The van der Waals surface area contributed by atoms with Gasteiger partial charge in [-0.15, -0.1) is 11.3 Å². The molecule has 19 heavy (non-hydrogen) atoms. The standard InChI is InChI=1S/C14H11ClN2OS/c1-2-17-13(10(15)8-16-17)14(18)12-7-9-5-3-4-6-11(9)19-12/h3-8H,2H2,1H3. The summed E-state index contributed by atoms with van der Waals surface area (Å²) in [6.07, 6.45) is 1.52. The first kappa shape index (κ1) is 12.4. The van der Waals surface area contributed by atoms with E-state index in [2.05, 4.69) is 5.10 Å². The quantitative estimate of drug-likeness (QED) is 0.683. The molecule has 0 amide bonds. The number of carbonyl (C=O) groups is 1. The van der Waals surface area contributed by atoms with Gasteiger partial charge in [-0.05, 0) is 24.4 Å². The van der Waals surface area contributed by atoms with Gasteiger partial charge in [0.25, 0.3) is 0 Å². The monoisotopic (exact) mass is 290 g/mol. The minimum absolute atomic E-state index is 0.0643. The topological polar surface area (TPSA) is 34.9 Å². The molecular weight excluding hydrogens is 280 g/mol. The molecule has 5 heteroatoms. The summed E-state index contributed by atoms with van der Waals surface area (Å²) < 4.78 is 2.74. The number of rotatable bonds is 3. The Morgan fingerprint density at radius 3 is 2.95 bits per heavy atom. The second-order valence-corrected chi connectivity index (χ2v) is 5.63. The molecule has 3 aromatic rings. The second kappa shape index (κ2) is 4.79. The smallest absolute Gasteiger partial charge is 0.222 e. The zero-order valence-corrected chi connectivity index (χ0v) is 11.8. The van der Waals surface area contributed by atoms with E-state index in [9.17, 15) is 4.79 Å². The number of hydrogen-bond donors (Lipinski definition) is 0. The molecule has 0 atom stereocenters. The zero-order valence-electron chi connectivity index (χ0n) is 10.3. The first-order valence-electron chi connectivity index (χ1n) is 5.95. The minimum atomic E-state index is -0.0643. The highest BCUT2D eigenvalue weighted by Gasteiger charge is 2.20. The van der Waals surface area contributed by atoms with Crippen LogP contribution in [0.3, 0.4) is 0 Å². The fourth-order valence-electron chi connectivity index (χ4n) is 2.04. The third kappa shape index (κ3) is 2.07. The molecule has 0 unspecified atom stereocenters. The molecule has 0 aliphatic rings. The Balaban J connectivity index is 2.10.